The van der Waals surface area contributed by atoms with E-state index in [-0.39, 0.29) is 11.6 Å². The van der Waals surface area contributed by atoms with E-state index in [4.69, 9.17) is 5.73 Å². The zero-order valence-corrected chi connectivity index (χ0v) is 13.3. The minimum atomic E-state index is -0.373. The summed E-state index contributed by atoms with van der Waals surface area (Å²) in [6.45, 7) is 8.80. The Balaban J connectivity index is 2.55. The third-order valence-electron chi connectivity index (χ3n) is 3.95. The highest BCUT2D eigenvalue weighted by atomic mass is 16.1. The number of nitrogens with two attached hydrogens (primary N) is 1. The van der Waals surface area contributed by atoms with Gasteiger partial charge in [0.25, 0.3) is 5.56 Å². The molecule has 1 aromatic carbocycles. The molecule has 0 aliphatic rings. The van der Waals surface area contributed by atoms with Crippen LogP contribution in [0.5, 0.6) is 0 Å². The van der Waals surface area contributed by atoms with Crippen LogP contribution in [-0.4, -0.2) is 4.57 Å². The molecule has 1 heterocycles. The molecule has 2 aromatic rings. The second-order valence-corrected chi connectivity index (χ2v) is 5.73. The molecule has 1 atom stereocenters. The molecule has 21 heavy (non-hydrogen) atoms. The molecule has 0 aliphatic carbocycles. The quantitative estimate of drug-likeness (QED) is 0.937. The first-order chi connectivity index (χ1) is 9.95. The van der Waals surface area contributed by atoms with E-state index in [1.165, 1.54) is 5.56 Å². The van der Waals surface area contributed by atoms with Gasteiger partial charge in [0.15, 0.2) is 0 Å². The van der Waals surface area contributed by atoms with Gasteiger partial charge in [0.05, 0.1) is 6.04 Å². The fourth-order valence-electron chi connectivity index (χ4n) is 2.76. The van der Waals surface area contributed by atoms with Crippen LogP contribution in [0.2, 0.25) is 0 Å². The predicted molar refractivity (Wildman–Crippen MR) is 87.7 cm³/mol. The van der Waals surface area contributed by atoms with Crippen molar-refractivity contribution in [1.29, 1.82) is 0 Å². The van der Waals surface area contributed by atoms with Gasteiger partial charge >= 0.3 is 0 Å². The molecule has 1 unspecified atom stereocenters. The first-order valence-electron chi connectivity index (χ1n) is 7.48. The lowest BCUT2D eigenvalue weighted by atomic mass is 9.96. The van der Waals surface area contributed by atoms with E-state index in [1.807, 2.05) is 49.6 Å². The van der Waals surface area contributed by atoms with Crippen molar-refractivity contribution in [3.05, 3.63) is 68.6 Å². The molecule has 0 aliphatic heterocycles. The highest BCUT2D eigenvalue weighted by molar-refractivity contribution is 5.37. The largest absolute Gasteiger partial charge is 0.320 e. The van der Waals surface area contributed by atoms with Crippen LogP contribution in [0.1, 0.15) is 47.3 Å². The summed E-state index contributed by atoms with van der Waals surface area (Å²) in [6.07, 6.45) is 0.934. The number of hydrogen-bond acceptors (Lipinski definition) is 2. The number of pyridine rings is 1. The monoisotopic (exact) mass is 284 g/mol. The molecule has 0 saturated carbocycles. The first kappa shape index (κ1) is 15.5. The van der Waals surface area contributed by atoms with Crippen molar-refractivity contribution in [2.45, 2.75) is 46.7 Å². The third-order valence-corrected chi connectivity index (χ3v) is 3.95. The maximum atomic E-state index is 12.8. The van der Waals surface area contributed by atoms with Crippen LogP contribution in [-0.2, 0) is 6.54 Å². The van der Waals surface area contributed by atoms with Gasteiger partial charge in [0.1, 0.15) is 0 Å². The fourth-order valence-corrected chi connectivity index (χ4v) is 2.76. The molecule has 2 N–H and O–H groups in total. The standard InChI is InChI=1S/C18H24N2O/c1-5-10-20-14(4)11-13(3)16(18(20)21)17(19)15-8-6-12(2)7-9-15/h6-9,11,17H,5,10,19H2,1-4H3. The Morgan fingerprint density at radius 3 is 2.33 bits per heavy atom. The van der Waals surface area contributed by atoms with Crippen LogP contribution in [0.25, 0.3) is 0 Å². The molecule has 0 saturated heterocycles. The second kappa shape index (κ2) is 6.27. The topological polar surface area (TPSA) is 48.0 Å². The van der Waals surface area contributed by atoms with Crippen molar-refractivity contribution in [2.24, 2.45) is 5.73 Å². The predicted octanol–water partition coefficient (Wildman–Crippen LogP) is 3.23. The van der Waals surface area contributed by atoms with Gasteiger partial charge in [-0.3, -0.25) is 4.79 Å². The Morgan fingerprint density at radius 1 is 1.14 bits per heavy atom. The lowest BCUT2D eigenvalue weighted by Crippen LogP contribution is -2.31. The molecule has 0 bridgehead atoms. The van der Waals surface area contributed by atoms with Crippen molar-refractivity contribution in [2.75, 3.05) is 0 Å². The Bertz CT molecular complexity index is 684. The third kappa shape index (κ3) is 3.08. The summed E-state index contributed by atoms with van der Waals surface area (Å²) < 4.78 is 1.83. The minimum Gasteiger partial charge on any atom is -0.320 e. The van der Waals surface area contributed by atoms with Gasteiger partial charge in [-0.25, -0.2) is 0 Å². The molecule has 0 amide bonds. The van der Waals surface area contributed by atoms with E-state index in [0.29, 0.717) is 5.56 Å². The molecular weight excluding hydrogens is 260 g/mol. The molecule has 0 radical (unpaired) electrons. The van der Waals surface area contributed by atoms with E-state index in [0.717, 1.165) is 29.8 Å². The summed E-state index contributed by atoms with van der Waals surface area (Å²) in [7, 11) is 0. The first-order valence-corrected chi connectivity index (χ1v) is 7.48. The zero-order valence-electron chi connectivity index (χ0n) is 13.3. The number of rotatable bonds is 4. The molecule has 0 spiro atoms. The summed E-state index contributed by atoms with van der Waals surface area (Å²) in [6, 6.07) is 9.75. The average molecular weight is 284 g/mol. The van der Waals surface area contributed by atoms with Gasteiger partial charge in [-0.05, 0) is 44.4 Å². The van der Waals surface area contributed by atoms with E-state index in [2.05, 4.69) is 13.0 Å². The van der Waals surface area contributed by atoms with E-state index in [9.17, 15) is 4.79 Å². The molecule has 1 aromatic heterocycles. The van der Waals surface area contributed by atoms with Gasteiger partial charge in [-0.15, -0.1) is 0 Å². The highest BCUT2D eigenvalue weighted by Gasteiger charge is 2.18. The number of aryl methyl sites for hydroxylation is 3. The van der Waals surface area contributed by atoms with Crippen molar-refractivity contribution >= 4 is 0 Å². The minimum absolute atomic E-state index is 0.0439. The summed E-state index contributed by atoms with van der Waals surface area (Å²) in [4.78, 5) is 12.8. The van der Waals surface area contributed by atoms with E-state index >= 15 is 0 Å². The molecule has 0 fully saturated rings. The van der Waals surface area contributed by atoms with Crippen LogP contribution in [0, 0.1) is 20.8 Å². The van der Waals surface area contributed by atoms with E-state index in [1.54, 1.807) is 0 Å². The molecule has 2 rings (SSSR count). The maximum absolute atomic E-state index is 12.8. The van der Waals surface area contributed by atoms with Gasteiger partial charge < -0.3 is 10.3 Å². The summed E-state index contributed by atoms with van der Waals surface area (Å²) >= 11 is 0. The van der Waals surface area contributed by atoms with Crippen molar-refractivity contribution < 1.29 is 0 Å². The Kier molecular flexibility index (Phi) is 4.63. The summed E-state index contributed by atoms with van der Waals surface area (Å²) in [5.41, 5.74) is 11.3. The Hall–Kier alpha value is -1.87. The summed E-state index contributed by atoms with van der Waals surface area (Å²) in [5, 5.41) is 0. The van der Waals surface area contributed by atoms with Gasteiger partial charge in [-0.2, -0.15) is 0 Å². The molecule has 112 valence electrons. The number of hydrogen-bond donors (Lipinski definition) is 1. The lowest BCUT2D eigenvalue weighted by molar-refractivity contribution is 0.621. The van der Waals surface area contributed by atoms with Crippen LogP contribution >= 0.6 is 0 Å². The van der Waals surface area contributed by atoms with Crippen LogP contribution < -0.4 is 11.3 Å². The molecular formula is C18H24N2O. The van der Waals surface area contributed by atoms with Crippen LogP contribution in [0.3, 0.4) is 0 Å². The second-order valence-electron chi connectivity index (χ2n) is 5.73. The highest BCUT2D eigenvalue weighted by Crippen LogP contribution is 2.21. The summed E-state index contributed by atoms with van der Waals surface area (Å²) in [5.74, 6) is 0. The maximum Gasteiger partial charge on any atom is 0.256 e. The lowest BCUT2D eigenvalue weighted by Gasteiger charge is -2.19. The number of aromatic nitrogens is 1. The Morgan fingerprint density at radius 2 is 1.76 bits per heavy atom. The fraction of sp³-hybridized carbons (Fsp3) is 0.389. The van der Waals surface area contributed by atoms with Gasteiger partial charge in [0.2, 0.25) is 0 Å². The van der Waals surface area contributed by atoms with Gasteiger partial charge in [-0.1, -0.05) is 36.8 Å². The molecule has 3 heteroatoms. The van der Waals surface area contributed by atoms with Crippen LogP contribution in [0.15, 0.2) is 35.1 Å². The number of nitrogens with zero attached hydrogens (tertiary/aromatic N) is 1. The van der Waals surface area contributed by atoms with Crippen LogP contribution in [0.4, 0.5) is 0 Å². The average Bonchev–Trinajstić information content (AvgIpc) is 2.44. The number of benzene rings is 1. The Labute approximate surface area is 126 Å². The normalized spacial score (nSPS) is 12.4. The van der Waals surface area contributed by atoms with E-state index < -0.39 is 0 Å². The van der Waals surface area contributed by atoms with Crippen molar-refractivity contribution in [1.82, 2.24) is 4.57 Å². The molecule has 3 nitrogen and oxygen atoms in total. The van der Waals surface area contributed by atoms with Crippen molar-refractivity contribution in [3.63, 3.8) is 0 Å². The van der Waals surface area contributed by atoms with Gasteiger partial charge in [0, 0.05) is 17.8 Å². The SMILES string of the molecule is CCCn1c(C)cc(C)c(C(N)c2ccc(C)cc2)c1=O. The smallest absolute Gasteiger partial charge is 0.256 e. The van der Waals surface area contributed by atoms with Crippen molar-refractivity contribution in [3.8, 4) is 0 Å². The zero-order chi connectivity index (χ0) is 15.6.